The van der Waals surface area contributed by atoms with E-state index in [1.165, 1.54) is 5.56 Å². The van der Waals surface area contributed by atoms with Gasteiger partial charge in [-0.1, -0.05) is 30.3 Å². The van der Waals surface area contributed by atoms with Gasteiger partial charge in [-0.3, -0.25) is 0 Å². The molecule has 2 heteroatoms. The number of hydrogen-bond donors (Lipinski definition) is 0. The van der Waals surface area contributed by atoms with Crippen molar-refractivity contribution in [1.29, 1.82) is 0 Å². The van der Waals surface area contributed by atoms with Crippen LogP contribution < -0.4 is 0 Å². The van der Waals surface area contributed by atoms with Crippen LogP contribution in [0, 0.1) is 0 Å². The van der Waals surface area contributed by atoms with Crippen molar-refractivity contribution >= 4 is 11.6 Å². The third-order valence-corrected chi connectivity index (χ3v) is 2.38. The maximum Gasteiger partial charge on any atom is 0.113 e. The second-order valence-electron chi connectivity index (χ2n) is 2.88. The Bertz CT molecular complexity index is 331. The summed E-state index contributed by atoms with van der Waals surface area (Å²) in [5.74, 6) is 0.801. The van der Waals surface area contributed by atoms with Gasteiger partial charge in [0.2, 0.25) is 0 Å². The van der Waals surface area contributed by atoms with E-state index in [2.05, 4.69) is 6.58 Å². The van der Waals surface area contributed by atoms with Crippen LogP contribution in [-0.4, -0.2) is 0 Å². The van der Waals surface area contributed by atoms with Crippen LogP contribution in [0.1, 0.15) is 11.1 Å². The third-order valence-electron chi connectivity index (χ3n) is 2.02. The Morgan fingerprint density at radius 2 is 2.25 bits per heavy atom. The molecular weight excluding hydrogens is 172 g/mol. The van der Waals surface area contributed by atoms with Crippen LogP contribution in [0.2, 0.25) is 5.02 Å². The summed E-state index contributed by atoms with van der Waals surface area (Å²) in [6, 6.07) is 5.88. The van der Waals surface area contributed by atoms with Crippen LogP contribution in [0.25, 0.3) is 0 Å². The number of ether oxygens (including phenoxy) is 1. The van der Waals surface area contributed by atoms with Crippen molar-refractivity contribution in [3.63, 3.8) is 0 Å². The molecule has 0 spiro atoms. The molecule has 0 aliphatic carbocycles. The Kier molecular flexibility index (Phi) is 1.81. The number of rotatable bonds is 0. The highest BCUT2D eigenvalue weighted by Crippen LogP contribution is 2.27. The van der Waals surface area contributed by atoms with Crippen LogP contribution in [0.3, 0.4) is 0 Å². The fourth-order valence-corrected chi connectivity index (χ4v) is 1.63. The molecule has 1 aromatic carbocycles. The predicted molar refractivity (Wildman–Crippen MR) is 49.1 cm³/mol. The van der Waals surface area contributed by atoms with Crippen molar-refractivity contribution in [1.82, 2.24) is 0 Å². The second-order valence-corrected chi connectivity index (χ2v) is 3.29. The Hall–Kier alpha value is -0.950. The first-order chi connectivity index (χ1) is 5.77. The van der Waals surface area contributed by atoms with Gasteiger partial charge in [0.25, 0.3) is 0 Å². The molecule has 12 heavy (non-hydrogen) atoms. The molecule has 0 saturated carbocycles. The molecular formula is C10H9ClO. The Labute approximate surface area is 76.6 Å². The van der Waals surface area contributed by atoms with Gasteiger partial charge in [0, 0.05) is 11.4 Å². The number of allylic oxidation sites excluding steroid dienone is 1. The second kappa shape index (κ2) is 2.83. The lowest BCUT2D eigenvalue weighted by atomic mass is 10.0. The lowest BCUT2D eigenvalue weighted by molar-refractivity contribution is 0.182. The molecule has 0 saturated heterocycles. The zero-order valence-electron chi connectivity index (χ0n) is 6.64. The van der Waals surface area contributed by atoms with Crippen molar-refractivity contribution in [3.8, 4) is 0 Å². The summed E-state index contributed by atoms with van der Waals surface area (Å²) in [5, 5.41) is 0.817. The fraction of sp³-hybridized carbons (Fsp3) is 0.200. The van der Waals surface area contributed by atoms with E-state index in [9.17, 15) is 0 Å². The Morgan fingerprint density at radius 3 is 3.08 bits per heavy atom. The van der Waals surface area contributed by atoms with Gasteiger partial charge in [-0.05, 0) is 17.2 Å². The van der Waals surface area contributed by atoms with Crippen LogP contribution >= 0.6 is 11.6 Å². The van der Waals surface area contributed by atoms with Crippen LogP contribution in [0.5, 0.6) is 0 Å². The maximum absolute atomic E-state index is 6.01. The normalized spacial score (nSPS) is 15.2. The summed E-state index contributed by atoms with van der Waals surface area (Å²) in [4.78, 5) is 0. The van der Waals surface area contributed by atoms with Crippen molar-refractivity contribution < 1.29 is 4.74 Å². The highest BCUT2D eigenvalue weighted by Gasteiger charge is 2.14. The van der Waals surface area contributed by atoms with E-state index in [1.54, 1.807) is 0 Å². The monoisotopic (exact) mass is 180 g/mol. The van der Waals surface area contributed by atoms with Gasteiger partial charge >= 0.3 is 0 Å². The molecule has 0 N–H and O–H groups in total. The summed E-state index contributed by atoms with van der Waals surface area (Å²) >= 11 is 6.01. The van der Waals surface area contributed by atoms with Gasteiger partial charge in [0.05, 0.1) is 5.76 Å². The largest absolute Gasteiger partial charge is 0.494 e. The van der Waals surface area contributed by atoms with Crippen LogP contribution in [0.4, 0.5) is 0 Å². The zero-order valence-corrected chi connectivity index (χ0v) is 7.40. The number of fused-ring (bicyclic) bond motifs is 1. The predicted octanol–water partition coefficient (Wildman–Crippen LogP) is 2.93. The number of hydrogen-bond acceptors (Lipinski definition) is 1. The van der Waals surface area contributed by atoms with E-state index in [1.807, 2.05) is 18.2 Å². The minimum Gasteiger partial charge on any atom is -0.494 e. The van der Waals surface area contributed by atoms with Crippen LogP contribution in [-0.2, 0) is 17.8 Å². The standard InChI is InChI=1S/C10H9ClO/c1-7-5-9-8(6-12-7)3-2-4-10(9)11/h2-4H,1,5-6H2. The highest BCUT2D eigenvalue weighted by atomic mass is 35.5. The highest BCUT2D eigenvalue weighted by molar-refractivity contribution is 6.31. The minimum atomic E-state index is 0.606. The van der Waals surface area contributed by atoms with Gasteiger partial charge in [-0.2, -0.15) is 0 Å². The summed E-state index contributed by atoms with van der Waals surface area (Å²) in [7, 11) is 0. The third kappa shape index (κ3) is 1.21. The lowest BCUT2D eigenvalue weighted by Gasteiger charge is -2.19. The van der Waals surface area contributed by atoms with Crippen molar-refractivity contribution in [2.75, 3.05) is 0 Å². The molecule has 1 heterocycles. The lowest BCUT2D eigenvalue weighted by Crippen LogP contribution is -2.07. The van der Waals surface area contributed by atoms with Gasteiger partial charge in [-0.25, -0.2) is 0 Å². The van der Waals surface area contributed by atoms with Crippen molar-refractivity contribution in [2.45, 2.75) is 13.0 Å². The summed E-state index contributed by atoms with van der Waals surface area (Å²) in [6.45, 7) is 4.38. The topological polar surface area (TPSA) is 9.23 Å². The summed E-state index contributed by atoms with van der Waals surface area (Å²) in [5.41, 5.74) is 2.34. The molecule has 2 rings (SSSR count). The smallest absolute Gasteiger partial charge is 0.113 e. The van der Waals surface area contributed by atoms with Gasteiger partial charge < -0.3 is 4.74 Å². The quantitative estimate of drug-likeness (QED) is 0.597. The number of halogens is 1. The van der Waals surface area contributed by atoms with Gasteiger partial charge in [0.15, 0.2) is 0 Å². The van der Waals surface area contributed by atoms with Crippen LogP contribution in [0.15, 0.2) is 30.5 Å². The molecule has 0 bridgehead atoms. The fourth-order valence-electron chi connectivity index (χ4n) is 1.36. The molecule has 62 valence electrons. The Morgan fingerprint density at radius 1 is 1.42 bits per heavy atom. The first-order valence-electron chi connectivity index (χ1n) is 3.84. The summed E-state index contributed by atoms with van der Waals surface area (Å²) < 4.78 is 5.31. The molecule has 0 fully saturated rings. The molecule has 0 aromatic heterocycles. The minimum absolute atomic E-state index is 0.606. The SMILES string of the molecule is C=C1Cc2c(Cl)cccc2CO1. The molecule has 0 radical (unpaired) electrons. The van der Waals surface area contributed by atoms with E-state index >= 15 is 0 Å². The first kappa shape index (κ1) is 7.69. The first-order valence-corrected chi connectivity index (χ1v) is 4.22. The van der Waals surface area contributed by atoms with Gasteiger partial charge in [-0.15, -0.1) is 0 Å². The van der Waals surface area contributed by atoms with E-state index in [4.69, 9.17) is 16.3 Å². The molecule has 1 aliphatic heterocycles. The average Bonchev–Trinajstić information content (AvgIpc) is 2.07. The van der Waals surface area contributed by atoms with E-state index in [0.29, 0.717) is 6.61 Å². The number of benzene rings is 1. The Balaban J connectivity index is 2.50. The maximum atomic E-state index is 6.01. The average molecular weight is 181 g/mol. The van der Waals surface area contributed by atoms with E-state index < -0.39 is 0 Å². The molecule has 0 unspecified atom stereocenters. The molecule has 1 aliphatic rings. The zero-order chi connectivity index (χ0) is 8.55. The van der Waals surface area contributed by atoms with Crippen molar-refractivity contribution in [2.24, 2.45) is 0 Å². The summed E-state index contributed by atoms with van der Waals surface area (Å²) in [6.07, 6.45) is 0.745. The van der Waals surface area contributed by atoms with E-state index in [-0.39, 0.29) is 0 Å². The molecule has 0 amide bonds. The molecule has 0 atom stereocenters. The van der Waals surface area contributed by atoms with E-state index in [0.717, 1.165) is 22.8 Å². The molecule has 1 aromatic rings. The van der Waals surface area contributed by atoms with Crippen molar-refractivity contribution in [3.05, 3.63) is 46.7 Å². The molecule has 1 nitrogen and oxygen atoms in total. The van der Waals surface area contributed by atoms with Gasteiger partial charge in [0.1, 0.15) is 6.61 Å².